The van der Waals surface area contributed by atoms with E-state index in [0.29, 0.717) is 12.8 Å². The Kier molecular flexibility index (Phi) is 4.32. The summed E-state index contributed by atoms with van der Waals surface area (Å²) in [5.74, 6) is -1.34. The standard InChI is InChI=1S/C11H17F3N2O3/c1-10(8(17)18,7-3-4-7)15-9(19)16(2)6-5-11(12,13)14/h7H,3-6H2,1-2H3,(H,15,19)(H,17,18). The molecule has 19 heavy (non-hydrogen) atoms. The first kappa shape index (κ1) is 15.6. The van der Waals surface area contributed by atoms with Gasteiger partial charge in [-0.3, -0.25) is 0 Å². The van der Waals surface area contributed by atoms with Gasteiger partial charge in [-0.1, -0.05) is 0 Å². The number of carboxylic acid groups (broad SMARTS) is 1. The van der Waals surface area contributed by atoms with Crippen LogP contribution in [0.5, 0.6) is 0 Å². The summed E-state index contributed by atoms with van der Waals surface area (Å²) in [5, 5.41) is 11.4. The summed E-state index contributed by atoms with van der Waals surface area (Å²) in [4.78, 5) is 23.7. The van der Waals surface area contributed by atoms with Crippen LogP contribution in [0.1, 0.15) is 26.2 Å². The number of nitrogens with one attached hydrogen (secondary N) is 1. The van der Waals surface area contributed by atoms with Crippen LogP contribution in [0.2, 0.25) is 0 Å². The minimum absolute atomic E-state index is 0.162. The normalized spacial score (nSPS) is 18.6. The van der Waals surface area contributed by atoms with Gasteiger partial charge in [-0.05, 0) is 25.7 Å². The molecular formula is C11H17F3N2O3. The second-order valence-corrected chi connectivity index (χ2v) is 5.00. The van der Waals surface area contributed by atoms with E-state index in [-0.39, 0.29) is 5.92 Å². The van der Waals surface area contributed by atoms with E-state index in [4.69, 9.17) is 5.11 Å². The Morgan fingerprint density at radius 1 is 1.37 bits per heavy atom. The Balaban J connectivity index is 2.55. The molecule has 2 N–H and O–H groups in total. The molecule has 1 aliphatic rings. The molecule has 0 spiro atoms. The van der Waals surface area contributed by atoms with Gasteiger partial charge in [0, 0.05) is 13.6 Å². The number of hydrogen-bond acceptors (Lipinski definition) is 2. The minimum Gasteiger partial charge on any atom is -0.480 e. The van der Waals surface area contributed by atoms with E-state index in [2.05, 4.69) is 5.32 Å². The van der Waals surface area contributed by atoms with E-state index in [0.717, 1.165) is 4.90 Å². The van der Waals surface area contributed by atoms with Gasteiger partial charge in [0.15, 0.2) is 0 Å². The molecule has 1 atom stereocenters. The highest BCUT2D eigenvalue weighted by molar-refractivity contribution is 5.86. The topological polar surface area (TPSA) is 69.6 Å². The van der Waals surface area contributed by atoms with E-state index < -0.39 is 36.7 Å². The van der Waals surface area contributed by atoms with E-state index in [9.17, 15) is 22.8 Å². The lowest BCUT2D eigenvalue weighted by atomic mass is 9.96. The van der Waals surface area contributed by atoms with Gasteiger partial charge in [-0.25, -0.2) is 9.59 Å². The molecule has 2 amide bonds. The van der Waals surface area contributed by atoms with Crippen molar-refractivity contribution in [1.82, 2.24) is 10.2 Å². The lowest BCUT2D eigenvalue weighted by Gasteiger charge is -2.29. The lowest BCUT2D eigenvalue weighted by molar-refractivity contribution is -0.145. The third-order valence-corrected chi connectivity index (χ3v) is 3.28. The van der Waals surface area contributed by atoms with Crippen molar-refractivity contribution in [2.24, 2.45) is 5.92 Å². The van der Waals surface area contributed by atoms with Crippen molar-refractivity contribution in [3.8, 4) is 0 Å². The molecule has 0 radical (unpaired) electrons. The van der Waals surface area contributed by atoms with Crippen molar-refractivity contribution in [1.29, 1.82) is 0 Å². The monoisotopic (exact) mass is 282 g/mol. The lowest BCUT2D eigenvalue weighted by Crippen LogP contribution is -2.57. The summed E-state index contributed by atoms with van der Waals surface area (Å²) in [5.41, 5.74) is -1.41. The fourth-order valence-electron chi connectivity index (χ4n) is 1.70. The number of urea groups is 1. The molecular weight excluding hydrogens is 265 g/mol. The maximum atomic E-state index is 12.0. The third kappa shape index (κ3) is 4.29. The van der Waals surface area contributed by atoms with Crippen LogP contribution in [0.25, 0.3) is 0 Å². The van der Waals surface area contributed by atoms with Crippen molar-refractivity contribution >= 4 is 12.0 Å². The van der Waals surface area contributed by atoms with Crippen LogP contribution >= 0.6 is 0 Å². The number of carboxylic acids is 1. The summed E-state index contributed by atoms with van der Waals surface area (Å²) in [6.07, 6.45) is -4.09. The van der Waals surface area contributed by atoms with Gasteiger partial charge < -0.3 is 15.3 Å². The quantitative estimate of drug-likeness (QED) is 0.808. The number of carbonyl (C=O) groups excluding carboxylic acids is 1. The van der Waals surface area contributed by atoms with Gasteiger partial charge in [-0.15, -0.1) is 0 Å². The SMILES string of the molecule is CN(CCC(F)(F)F)C(=O)NC(C)(C(=O)O)C1CC1. The van der Waals surface area contributed by atoms with Crippen LogP contribution in [0.3, 0.4) is 0 Å². The zero-order valence-corrected chi connectivity index (χ0v) is 10.8. The largest absolute Gasteiger partial charge is 0.480 e. The van der Waals surface area contributed by atoms with Crippen LogP contribution in [0.4, 0.5) is 18.0 Å². The first-order chi connectivity index (χ1) is 8.56. The summed E-state index contributed by atoms with van der Waals surface area (Å²) in [7, 11) is 1.20. The molecule has 8 heteroatoms. The summed E-state index contributed by atoms with van der Waals surface area (Å²) in [6.45, 7) is 0.873. The van der Waals surface area contributed by atoms with E-state index in [1.54, 1.807) is 0 Å². The van der Waals surface area contributed by atoms with Crippen LogP contribution < -0.4 is 5.32 Å². The Morgan fingerprint density at radius 3 is 2.26 bits per heavy atom. The number of halogens is 3. The molecule has 1 saturated carbocycles. The number of rotatable bonds is 5. The van der Waals surface area contributed by atoms with Crippen LogP contribution in [-0.2, 0) is 4.79 Å². The fourth-order valence-corrected chi connectivity index (χ4v) is 1.70. The van der Waals surface area contributed by atoms with Crippen molar-refractivity contribution in [2.45, 2.75) is 37.9 Å². The average molecular weight is 282 g/mol. The number of alkyl halides is 3. The molecule has 5 nitrogen and oxygen atoms in total. The number of carbonyl (C=O) groups is 2. The zero-order valence-electron chi connectivity index (χ0n) is 10.8. The van der Waals surface area contributed by atoms with Crippen molar-refractivity contribution in [2.75, 3.05) is 13.6 Å². The Morgan fingerprint density at radius 2 is 1.89 bits per heavy atom. The van der Waals surface area contributed by atoms with Gasteiger partial charge in [0.25, 0.3) is 0 Å². The van der Waals surface area contributed by atoms with Crippen molar-refractivity contribution in [3.05, 3.63) is 0 Å². The van der Waals surface area contributed by atoms with Gasteiger partial charge in [0.2, 0.25) is 0 Å². The smallest absolute Gasteiger partial charge is 0.390 e. The van der Waals surface area contributed by atoms with Gasteiger partial charge in [0.05, 0.1) is 6.42 Å². The second kappa shape index (κ2) is 5.26. The highest BCUT2D eigenvalue weighted by Crippen LogP contribution is 2.39. The van der Waals surface area contributed by atoms with Gasteiger partial charge in [-0.2, -0.15) is 13.2 Å². The highest BCUT2D eigenvalue weighted by Gasteiger charge is 2.49. The van der Waals surface area contributed by atoms with Crippen LogP contribution in [-0.4, -0.2) is 47.3 Å². The highest BCUT2D eigenvalue weighted by atomic mass is 19.4. The molecule has 1 aliphatic carbocycles. The fraction of sp³-hybridized carbons (Fsp3) is 0.818. The summed E-state index contributed by atoms with van der Waals surface area (Å²) >= 11 is 0. The molecule has 0 heterocycles. The van der Waals surface area contributed by atoms with Crippen molar-refractivity contribution < 1.29 is 27.9 Å². The maximum absolute atomic E-state index is 12.0. The number of amides is 2. The Hall–Kier alpha value is -1.47. The first-order valence-corrected chi connectivity index (χ1v) is 5.89. The molecule has 0 aromatic rings. The molecule has 1 unspecified atom stereocenters. The molecule has 110 valence electrons. The molecule has 0 aromatic heterocycles. The van der Waals surface area contributed by atoms with Crippen molar-refractivity contribution in [3.63, 3.8) is 0 Å². The predicted octanol–water partition coefficient (Wildman–Crippen LogP) is 1.83. The van der Waals surface area contributed by atoms with E-state index >= 15 is 0 Å². The van der Waals surface area contributed by atoms with Crippen LogP contribution in [0, 0.1) is 5.92 Å². The van der Waals surface area contributed by atoms with E-state index in [1.165, 1.54) is 14.0 Å². The molecule has 0 aromatic carbocycles. The number of nitrogens with zero attached hydrogens (tertiary/aromatic N) is 1. The predicted molar refractivity (Wildman–Crippen MR) is 60.6 cm³/mol. The second-order valence-electron chi connectivity index (χ2n) is 5.00. The summed E-state index contributed by atoms with van der Waals surface area (Å²) < 4.78 is 36.1. The van der Waals surface area contributed by atoms with Crippen LogP contribution in [0.15, 0.2) is 0 Å². The van der Waals surface area contributed by atoms with Gasteiger partial charge >= 0.3 is 18.2 Å². The zero-order chi connectivity index (χ0) is 14.8. The Bertz CT molecular complexity index is 369. The molecule has 1 rings (SSSR count). The average Bonchev–Trinajstić information content (AvgIpc) is 3.07. The Labute approximate surface area is 108 Å². The molecule has 0 saturated heterocycles. The minimum atomic E-state index is -4.35. The van der Waals surface area contributed by atoms with E-state index in [1.807, 2.05) is 0 Å². The first-order valence-electron chi connectivity index (χ1n) is 5.89. The number of hydrogen-bond donors (Lipinski definition) is 2. The summed E-state index contributed by atoms with van der Waals surface area (Å²) in [6, 6.07) is -0.805. The third-order valence-electron chi connectivity index (χ3n) is 3.28. The van der Waals surface area contributed by atoms with Gasteiger partial charge in [0.1, 0.15) is 5.54 Å². The molecule has 1 fully saturated rings. The maximum Gasteiger partial charge on any atom is 0.390 e. The molecule has 0 aliphatic heterocycles. The number of aliphatic carboxylic acids is 1. The molecule has 0 bridgehead atoms.